The molecule has 1 aliphatic rings. The molecule has 41 heavy (non-hydrogen) atoms. The van der Waals surface area contributed by atoms with Crippen LogP contribution in [0.2, 0.25) is 0 Å². The highest BCUT2D eigenvalue weighted by Gasteiger charge is 2.33. The van der Waals surface area contributed by atoms with Crippen LogP contribution in [0.5, 0.6) is 0 Å². The van der Waals surface area contributed by atoms with Gasteiger partial charge in [0.25, 0.3) is 9.70 Å². The molecule has 8 nitrogen and oxygen atoms in total. The Kier molecular flexibility index (Phi) is 9.87. The molecule has 1 saturated heterocycles. The molecular formula is C29H27Cl3N4O4S. The number of nitrogens with one attached hydrogen (secondary N) is 2. The van der Waals surface area contributed by atoms with E-state index in [4.69, 9.17) is 44.3 Å². The first-order chi connectivity index (χ1) is 19.8. The van der Waals surface area contributed by atoms with E-state index in [1.807, 2.05) is 72.8 Å². The molecule has 0 spiro atoms. The zero-order chi connectivity index (χ0) is 28.8. The molecule has 1 aromatic heterocycles. The van der Waals surface area contributed by atoms with Gasteiger partial charge in [-0.15, -0.1) is 0 Å². The number of hydrogen-bond donors (Lipinski definition) is 3. The van der Waals surface area contributed by atoms with E-state index >= 15 is 0 Å². The van der Waals surface area contributed by atoms with Crippen molar-refractivity contribution in [2.24, 2.45) is 0 Å². The third-order valence-corrected chi connectivity index (χ3v) is 8.15. The summed E-state index contributed by atoms with van der Waals surface area (Å²) >= 11 is 18.6. The van der Waals surface area contributed by atoms with Gasteiger partial charge in [-0.3, -0.25) is 9.89 Å². The van der Waals surface area contributed by atoms with Gasteiger partial charge < -0.3 is 19.9 Å². The lowest BCUT2D eigenvalue weighted by atomic mass is 9.98. The number of carbonyl (C=O) groups excluding carboxylic acids is 1. The van der Waals surface area contributed by atoms with Gasteiger partial charge in [-0.1, -0.05) is 119 Å². The van der Waals surface area contributed by atoms with E-state index in [-0.39, 0.29) is 25.4 Å². The SMILES string of the molecule is O=C(NCc1ccccc1-c1ccc(C2OC(CSc3ncn[nH]3)CC(c3ccc(CO)cc3)O2)cc1)C(Cl)(Cl)Cl. The molecule has 2 heterocycles. The lowest BCUT2D eigenvalue weighted by molar-refractivity contribution is -0.245. The molecule has 12 heteroatoms. The van der Waals surface area contributed by atoms with Gasteiger partial charge in [-0.2, -0.15) is 5.10 Å². The quantitative estimate of drug-likeness (QED) is 0.147. The number of aromatic nitrogens is 3. The number of alkyl halides is 3. The summed E-state index contributed by atoms with van der Waals surface area (Å²) < 4.78 is 10.8. The molecule has 0 saturated carbocycles. The minimum atomic E-state index is -2.03. The maximum Gasteiger partial charge on any atom is 0.272 e. The fraction of sp³-hybridized carbons (Fsp3) is 0.276. The van der Waals surface area contributed by atoms with Gasteiger partial charge in [-0.25, -0.2) is 4.98 Å². The molecule has 3 aromatic carbocycles. The average molecular weight is 634 g/mol. The Morgan fingerprint density at radius 2 is 1.76 bits per heavy atom. The van der Waals surface area contributed by atoms with E-state index in [1.165, 1.54) is 6.33 Å². The Bertz CT molecular complexity index is 1430. The number of aromatic amines is 1. The molecule has 1 fully saturated rings. The van der Waals surface area contributed by atoms with Crippen molar-refractivity contribution in [2.45, 2.75) is 47.0 Å². The molecule has 214 valence electrons. The van der Waals surface area contributed by atoms with Crippen molar-refractivity contribution in [1.29, 1.82) is 0 Å². The summed E-state index contributed by atoms with van der Waals surface area (Å²) in [6.45, 7) is 0.198. The van der Waals surface area contributed by atoms with Crippen molar-refractivity contribution in [3.8, 4) is 11.1 Å². The zero-order valence-corrected chi connectivity index (χ0v) is 24.8. The number of carbonyl (C=O) groups is 1. The number of nitrogens with zero attached hydrogens (tertiary/aromatic N) is 2. The number of thioether (sulfide) groups is 1. The number of aliphatic hydroxyl groups is 1. The normalized spacial score (nSPS) is 19.2. The summed E-state index contributed by atoms with van der Waals surface area (Å²) in [5.74, 6) is -0.0121. The standard InChI is InChI=1S/C29H27Cl3N4O4S/c30-29(31,32)27(38)33-14-22-3-1-2-4-24(22)19-9-11-21(12-10-19)26-39-23(16-41-28-34-17-35-36-28)13-25(40-26)20-7-5-18(15-37)6-8-20/h1-12,17,23,25-26,37H,13-16H2,(H,33,38)(H,34,35,36). The highest BCUT2D eigenvalue weighted by Crippen LogP contribution is 2.39. The van der Waals surface area contributed by atoms with E-state index in [0.29, 0.717) is 12.2 Å². The Balaban J connectivity index is 1.34. The number of rotatable bonds is 9. The van der Waals surface area contributed by atoms with Crippen LogP contribution in [-0.2, 0) is 27.4 Å². The predicted octanol–water partition coefficient (Wildman–Crippen LogP) is 6.29. The second-order valence-corrected chi connectivity index (χ2v) is 12.7. The number of aliphatic hydroxyl groups excluding tert-OH is 1. The third-order valence-electron chi connectivity index (χ3n) is 6.62. The summed E-state index contributed by atoms with van der Waals surface area (Å²) in [5, 5.41) is 19.6. The van der Waals surface area contributed by atoms with Gasteiger partial charge >= 0.3 is 0 Å². The van der Waals surface area contributed by atoms with Crippen molar-refractivity contribution in [3.05, 3.63) is 101 Å². The van der Waals surface area contributed by atoms with Gasteiger partial charge in [0.05, 0.1) is 18.8 Å². The van der Waals surface area contributed by atoms with Crippen LogP contribution in [0.4, 0.5) is 0 Å². The lowest BCUT2D eigenvalue weighted by Crippen LogP contribution is -2.34. The van der Waals surface area contributed by atoms with Crippen molar-refractivity contribution in [1.82, 2.24) is 20.5 Å². The number of halogens is 3. The Morgan fingerprint density at radius 1 is 1.02 bits per heavy atom. The molecule has 0 aliphatic carbocycles. The van der Waals surface area contributed by atoms with E-state index in [2.05, 4.69) is 20.5 Å². The second kappa shape index (κ2) is 13.6. The van der Waals surface area contributed by atoms with Crippen molar-refractivity contribution in [3.63, 3.8) is 0 Å². The summed E-state index contributed by atoms with van der Waals surface area (Å²) in [6, 6.07) is 23.5. The van der Waals surface area contributed by atoms with Crippen LogP contribution in [0.3, 0.4) is 0 Å². The zero-order valence-electron chi connectivity index (χ0n) is 21.7. The van der Waals surface area contributed by atoms with E-state index in [1.54, 1.807) is 11.8 Å². The van der Waals surface area contributed by atoms with Gasteiger partial charge in [0.2, 0.25) is 0 Å². The summed E-state index contributed by atoms with van der Waals surface area (Å²) in [7, 11) is 0. The van der Waals surface area contributed by atoms with E-state index in [9.17, 15) is 9.90 Å². The van der Waals surface area contributed by atoms with Crippen LogP contribution in [0, 0.1) is 0 Å². The second-order valence-electron chi connectivity index (χ2n) is 9.41. The average Bonchev–Trinajstić information content (AvgIpc) is 3.52. The number of H-pyrrole nitrogens is 1. The number of hydrogen-bond acceptors (Lipinski definition) is 7. The largest absolute Gasteiger partial charge is 0.392 e. The maximum absolute atomic E-state index is 12.1. The van der Waals surface area contributed by atoms with Crippen molar-refractivity contribution in [2.75, 3.05) is 5.75 Å². The Hall–Kier alpha value is -2.63. The molecule has 1 aliphatic heterocycles. The molecule has 0 radical (unpaired) electrons. The number of amides is 1. The fourth-order valence-electron chi connectivity index (χ4n) is 4.51. The van der Waals surface area contributed by atoms with Gasteiger partial charge in [0, 0.05) is 24.3 Å². The van der Waals surface area contributed by atoms with Crippen LogP contribution in [0.1, 0.15) is 41.1 Å². The highest BCUT2D eigenvalue weighted by atomic mass is 35.6. The van der Waals surface area contributed by atoms with Crippen molar-refractivity contribution < 1.29 is 19.4 Å². The first-order valence-corrected chi connectivity index (χ1v) is 14.9. The first-order valence-electron chi connectivity index (χ1n) is 12.8. The van der Waals surface area contributed by atoms with Crippen LogP contribution in [-0.4, -0.2) is 41.8 Å². The Labute approximate surface area is 256 Å². The summed E-state index contributed by atoms with van der Waals surface area (Å²) in [6.07, 6.45) is 1.27. The highest BCUT2D eigenvalue weighted by molar-refractivity contribution is 7.99. The molecular weight excluding hydrogens is 607 g/mol. The van der Waals surface area contributed by atoms with Gasteiger partial charge in [0.1, 0.15) is 6.33 Å². The number of ether oxygens (including phenoxy) is 2. The van der Waals surface area contributed by atoms with Crippen LogP contribution >= 0.6 is 46.6 Å². The lowest BCUT2D eigenvalue weighted by Gasteiger charge is -2.36. The van der Waals surface area contributed by atoms with Gasteiger partial charge in [-0.05, 0) is 27.8 Å². The molecule has 4 aromatic rings. The van der Waals surface area contributed by atoms with Gasteiger partial charge in [0.15, 0.2) is 11.4 Å². The molecule has 1 amide bonds. The predicted molar refractivity (Wildman–Crippen MR) is 160 cm³/mol. The summed E-state index contributed by atoms with van der Waals surface area (Å²) in [4.78, 5) is 16.2. The van der Waals surface area contributed by atoms with E-state index < -0.39 is 16.0 Å². The monoisotopic (exact) mass is 632 g/mol. The molecule has 3 atom stereocenters. The minimum Gasteiger partial charge on any atom is -0.392 e. The van der Waals surface area contributed by atoms with Crippen LogP contribution < -0.4 is 5.32 Å². The number of benzene rings is 3. The molecule has 0 bridgehead atoms. The molecule has 3 N–H and O–H groups in total. The van der Waals surface area contributed by atoms with Crippen LogP contribution in [0.25, 0.3) is 11.1 Å². The van der Waals surface area contributed by atoms with E-state index in [0.717, 1.165) is 38.5 Å². The maximum atomic E-state index is 12.1. The first kappa shape index (κ1) is 29.8. The fourth-order valence-corrected chi connectivity index (χ4v) is 5.51. The molecule has 5 rings (SSSR count). The topological polar surface area (TPSA) is 109 Å². The Morgan fingerprint density at radius 3 is 2.44 bits per heavy atom. The van der Waals surface area contributed by atoms with Crippen molar-refractivity contribution >= 4 is 52.5 Å². The molecule has 3 unspecified atom stereocenters. The van der Waals surface area contributed by atoms with Crippen LogP contribution in [0.15, 0.2) is 84.3 Å². The minimum absolute atomic E-state index is 0.0112. The smallest absolute Gasteiger partial charge is 0.272 e. The summed E-state index contributed by atoms with van der Waals surface area (Å²) in [5.41, 5.74) is 5.52. The third kappa shape index (κ3) is 7.81.